The van der Waals surface area contributed by atoms with Gasteiger partial charge in [-0.3, -0.25) is 19.7 Å². The SMILES string of the molecule is CCOc1cc(C(C)(C)C)ncc1C1=N[C@@](C)(c2ccc(Cl)cc2)[C@@](C)(c2ccc(Cl)cc2)N1C(=O)N1CC2C(C(=O)N3CC(O)C3)[C@H]2C1. The second kappa shape index (κ2) is 12.0. The maximum Gasteiger partial charge on any atom is 0.326 e. The quantitative estimate of drug-likeness (QED) is 0.317. The summed E-state index contributed by atoms with van der Waals surface area (Å²) >= 11 is 12.8. The number of pyridine rings is 1. The number of hydrogen-bond acceptors (Lipinski definition) is 6. The van der Waals surface area contributed by atoms with Crippen molar-refractivity contribution >= 4 is 41.0 Å². The minimum atomic E-state index is -1.04. The van der Waals surface area contributed by atoms with E-state index in [-0.39, 0.29) is 35.1 Å². The molecule has 1 N–H and O–H groups in total. The van der Waals surface area contributed by atoms with E-state index in [1.165, 1.54) is 0 Å². The predicted octanol–water partition coefficient (Wildman–Crippen LogP) is 6.48. The number of aliphatic hydroxyl groups excluding tert-OH is 1. The number of ether oxygens (including phenoxy) is 1. The van der Waals surface area contributed by atoms with Crippen LogP contribution in [-0.2, 0) is 21.3 Å². The molecule has 0 bridgehead atoms. The number of hydrogen-bond donors (Lipinski definition) is 1. The molecule has 1 aliphatic carbocycles. The standard InChI is InChI=1S/C38H43Cl2N5O4/c1-7-49-30-16-31(36(2,3)4)41-17-27(30)33-42-37(5,22-8-12-24(39)13-9-22)38(6,23-10-14-25(40)15-11-23)45(33)35(48)44-20-28-29(21-44)32(28)34(47)43-18-26(46)19-43/h8-17,26,28-29,32,46H,7,18-21H2,1-6H3/t28-,29?,32?,37-,38+/m0/s1. The fraction of sp³-hybridized carbons (Fsp3) is 0.474. The molecule has 7 rings (SSSR count). The Hall–Kier alpha value is -3.66. The highest BCUT2D eigenvalue weighted by Gasteiger charge is 2.65. The minimum absolute atomic E-state index is 0.0866. The first-order chi connectivity index (χ1) is 23.2. The molecule has 9 nitrogen and oxygen atoms in total. The van der Waals surface area contributed by atoms with Gasteiger partial charge in [0.05, 0.1) is 18.3 Å². The van der Waals surface area contributed by atoms with E-state index >= 15 is 4.79 Å². The number of likely N-dealkylation sites (tertiary alicyclic amines) is 2. The van der Waals surface area contributed by atoms with Crippen LogP contribution in [0.3, 0.4) is 0 Å². The second-order valence-electron chi connectivity index (χ2n) is 15.1. The molecule has 3 aliphatic heterocycles. The third-order valence-electron chi connectivity index (χ3n) is 11.0. The van der Waals surface area contributed by atoms with Crippen molar-refractivity contribution in [3.05, 3.63) is 93.2 Å². The van der Waals surface area contributed by atoms with Crippen LogP contribution in [0.5, 0.6) is 5.75 Å². The molecular formula is C38H43Cl2N5O4. The number of urea groups is 1. The van der Waals surface area contributed by atoms with Gasteiger partial charge < -0.3 is 19.6 Å². The highest BCUT2D eigenvalue weighted by molar-refractivity contribution is 6.30. The van der Waals surface area contributed by atoms with Gasteiger partial charge in [-0.2, -0.15) is 0 Å². The number of fused-ring (bicyclic) bond motifs is 1. The van der Waals surface area contributed by atoms with E-state index in [1.807, 2.05) is 78.2 Å². The van der Waals surface area contributed by atoms with Crippen LogP contribution in [0.25, 0.3) is 0 Å². The second-order valence-corrected chi connectivity index (χ2v) is 16.0. The smallest absolute Gasteiger partial charge is 0.326 e. The molecule has 3 aromatic rings. The van der Waals surface area contributed by atoms with Gasteiger partial charge >= 0.3 is 6.03 Å². The summed E-state index contributed by atoms with van der Waals surface area (Å²) in [6.07, 6.45) is 1.33. The molecule has 49 heavy (non-hydrogen) atoms. The molecule has 3 amide bonds. The van der Waals surface area contributed by atoms with Gasteiger partial charge in [-0.25, -0.2) is 4.79 Å². The number of rotatable bonds is 6. The Bertz CT molecular complexity index is 1810. The van der Waals surface area contributed by atoms with Crippen molar-refractivity contribution in [1.82, 2.24) is 19.7 Å². The molecule has 2 aromatic carbocycles. The van der Waals surface area contributed by atoms with Crippen molar-refractivity contribution < 1.29 is 19.4 Å². The number of halogens is 2. The van der Waals surface area contributed by atoms with Crippen LogP contribution in [-0.4, -0.2) is 81.5 Å². The van der Waals surface area contributed by atoms with Gasteiger partial charge in [0.25, 0.3) is 0 Å². The van der Waals surface area contributed by atoms with Gasteiger partial charge in [0.2, 0.25) is 5.91 Å². The first-order valence-corrected chi connectivity index (χ1v) is 17.7. The van der Waals surface area contributed by atoms with Crippen LogP contribution in [0, 0.1) is 17.8 Å². The Balaban J connectivity index is 1.35. The number of amidine groups is 1. The normalized spacial score (nSPS) is 27.9. The summed E-state index contributed by atoms with van der Waals surface area (Å²) in [5, 5.41) is 10.9. The predicted molar refractivity (Wildman–Crippen MR) is 190 cm³/mol. The molecule has 3 fully saturated rings. The number of benzene rings is 2. The number of carbonyl (C=O) groups excluding carboxylic acids is 2. The van der Waals surface area contributed by atoms with Crippen molar-refractivity contribution in [2.45, 2.75) is 64.1 Å². The number of amides is 3. The molecule has 1 aromatic heterocycles. The molecule has 0 spiro atoms. The van der Waals surface area contributed by atoms with Gasteiger partial charge in [-0.05, 0) is 68.0 Å². The first-order valence-electron chi connectivity index (χ1n) is 17.0. The lowest BCUT2D eigenvalue weighted by atomic mass is 9.71. The summed E-state index contributed by atoms with van der Waals surface area (Å²) in [6, 6.07) is 17.0. The zero-order valence-corrected chi connectivity index (χ0v) is 30.3. The van der Waals surface area contributed by atoms with Crippen LogP contribution in [0.2, 0.25) is 10.0 Å². The Morgan fingerprint density at radius 3 is 2.02 bits per heavy atom. The molecule has 258 valence electrons. The zero-order chi connectivity index (χ0) is 35.0. The molecule has 5 atom stereocenters. The first kappa shape index (κ1) is 33.8. The largest absolute Gasteiger partial charge is 0.493 e. The molecule has 4 heterocycles. The van der Waals surface area contributed by atoms with Gasteiger partial charge in [0.1, 0.15) is 22.7 Å². The van der Waals surface area contributed by atoms with E-state index < -0.39 is 17.2 Å². The number of piperidine rings is 1. The van der Waals surface area contributed by atoms with E-state index in [9.17, 15) is 9.90 Å². The number of aromatic nitrogens is 1. The third-order valence-corrected chi connectivity index (χ3v) is 11.5. The van der Waals surface area contributed by atoms with E-state index in [0.717, 1.165) is 16.8 Å². The van der Waals surface area contributed by atoms with Crippen molar-refractivity contribution in [1.29, 1.82) is 0 Å². The molecule has 4 aliphatic rings. The van der Waals surface area contributed by atoms with Crippen molar-refractivity contribution in [2.75, 3.05) is 32.8 Å². The summed E-state index contributed by atoms with van der Waals surface area (Å²) < 4.78 is 6.26. The van der Waals surface area contributed by atoms with Gasteiger partial charge in [-0.1, -0.05) is 68.2 Å². The highest BCUT2D eigenvalue weighted by atomic mass is 35.5. The number of β-amino-alcohol motifs (C(OH)–C–C–N with tert-alkyl or cyclic N) is 1. The van der Waals surface area contributed by atoms with Crippen molar-refractivity contribution in [3.63, 3.8) is 0 Å². The summed E-state index contributed by atoms with van der Waals surface area (Å²) in [4.78, 5) is 44.1. The van der Waals surface area contributed by atoms with Crippen molar-refractivity contribution in [3.8, 4) is 5.75 Å². The lowest BCUT2D eigenvalue weighted by molar-refractivity contribution is -0.143. The van der Waals surface area contributed by atoms with E-state index in [1.54, 1.807) is 11.1 Å². The van der Waals surface area contributed by atoms with Gasteiger partial charge in [-0.15, -0.1) is 0 Å². The monoisotopic (exact) mass is 703 g/mol. The number of aliphatic hydroxyl groups is 1. The fourth-order valence-corrected chi connectivity index (χ4v) is 8.15. The number of aliphatic imine (C=N–C) groups is 1. The maximum atomic E-state index is 15.2. The van der Waals surface area contributed by atoms with E-state index in [0.29, 0.717) is 60.0 Å². The van der Waals surface area contributed by atoms with Crippen LogP contribution < -0.4 is 4.74 Å². The Kier molecular flexibility index (Phi) is 8.28. The van der Waals surface area contributed by atoms with Crippen molar-refractivity contribution in [2.24, 2.45) is 22.7 Å². The fourth-order valence-electron chi connectivity index (χ4n) is 7.89. The molecule has 0 radical (unpaired) electrons. The number of nitrogens with zero attached hydrogens (tertiary/aromatic N) is 5. The van der Waals surface area contributed by atoms with Gasteiger partial charge in [0, 0.05) is 65.5 Å². The summed E-state index contributed by atoms with van der Waals surface area (Å²) in [5.41, 5.74) is 0.962. The zero-order valence-electron chi connectivity index (χ0n) is 28.8. The van der Waals surface area contributed by atoms with Crippen LogP contribution in [0.15, 0.2) is 65.8 Å². The Labute approximate surface area is 297 Å². The average molecular weight is 705 g/mol. The van der Waals surface area contributed by atoms with Crippen LogP contribution >= 0.6 is 23.2 Å². The molecule has 11 heteroatoms. The topological polar surface area (TPSA) is 98.6 Å². The summed E-state index contributed by atoms with van der Waals surface area (Å²) in [7, 11) is 0. The molecule has 1 saturated carbocycles. The van der Waals surface area contributed by atoms with Crippen LogP contribution in [0.4, 0.5) is 4.79 Å². The average Bonchev–Trinajstić information content (AvgIpc) is 3.42. The summed E-state index contributed by atoms with van der Waals surface area (Å²) in [5.74, 6) is 1.22. The van der Waals surface area contributed by atoms with E-state index in [4.69, 9.17) is 37.9 Å². The molecule has 2 saturated heterocycles. The molecular weight excluding hydrogens is 661 g/mol. The lowest BCUT2D eigenvalue weighted by Crippen LogP contribution is -2.58. The third kappa shape index (κ3) is 5.49. The maximum absolute atomic E-state index is 15.2. The Morgan fingerprint density at radius 2 is 1.49 bits per heavy atom. The van der Waals surface area contributed by atoms with E-state index in [2.05, 4.69) is 27.7 Å². The lowest BCUT2D eigenvalue weighted by Gasteiger charge is -2.46. The highest BCUT2D eigenvalue weighted by Crippen LogP contribution is 2.57. The summed E-state index contributed by atoms with van der Waals surface area (Å²) in [6.45, 7) is 14.5. The minimum Gasteiger partial charge on any atom is -0.493 e. The Morgan fingerprint density at radius 1 is 0.918 bits per heavy atom. The van der Waals surface area contributed by atoms with Crippen LogP contribution in [0.1, 0.15) is 63.9 Å². The van der Waals surface area contributed by atoms with Gasteiger partial charge in [0.15, 0.2) is 0 Å². The molecule has 2 unspecified atom stereocenters. The number of carbonyl (C=O) groups is 2.